The summed E-state index contributed by atoms with van der Waals surface area (Å²) < 4.78 is 4.21. The lowest BCUT2D eigenvalue weighted by Crippen LogP contribution is -2.16. The first-order valence-electron chi connectivity index (χ1n) is 7.29. The average Bonchev–Trinajstić information content (AvgIpc) is 3.18. The summed E-state index contributed by atoms with van der Waals surface area (Å²) in [6.07, 6.45) is 3.10. The van der Waals surface area contributed by atoms with Crippen LogP contribution in [-0.4, -0.2) is 41.2 Å². The second-order valence-electron chi connectivity index (χ2n) is 5.45. The van der Waals surface area contributed by atoms with E-state index in [0.29, 0.717) is 10.0 Å². The Bertz CT molecular complexity index is 1000. The fourth-order valence-corrected chi connectivity index (χ4v) is 2.67. The van der Waals surface area contributed by atoms with Gasteiger partial charge in [0.05, 0.1) is 0 Å². The number of amides is 2. The minimum atomic E-state index is -0.545. The lowest BCUT2D eigenvalue weighted by molar-refractivity contribution is 0.101. The number of hydrogen-bond donors (Lipinski definition) is 2. The van der Waals surface area contributed by atoms with E-state index in [4.69, 9.17) is 23.2 Å². The van der Waals surface area contributed by atoms with Gasteiger partial charge >= 0.3 is 0 Å². The first kappa shape index (κ1) is 18.0. The molecule has 0 saturated heterocycles. The van der Waals surface area contributed by atoms with E-state index in [2.05, 4.69) is 25.9 Å². The third-order valence-corrected chi connectivity index (χ3v) is 3.93. The summed E-state index contributed by atoms with van der Waals surface area (Å²) >= 11 is 11.9. The zero-order valence-electron chi connectivity index (χ0n) is 14.0. The number of hydrogen-bond acceptors (Lipinski definition) is 5. The molecule has 2 amide bonds. The summed E-state index contributed by atoms with van der Waals surface area (Å²) in [5.74, 6) is -0.630. The second kappa shape index (κ2) is 6.81. The van der Waals surface area contributed by atoms with Crippen molar-refractivity contribution >= 4 is 46.7 Å². The molecule has 0 aliphatic rings. The van der Waals surface area contributed by atoms with Gasteiger partial charge in [-0.15, -0.1) is 0 Å². The molecule has 12 heteroatoms. The highest BCUT2D eigenvalue weighted by Gasteiger charge is 2.20. The molecule has 0 saturated carbocycles. The van der Waals surface area contributed by atoms with Gasteiger partial charge in [-0.05, 0) is 0 Å². The van der Waals surface area contributed by atoms with Crippen molar-refractivity contribution < 1.29 is 9.59 Å². The second-order valence-corrected chi connectivity index (χ2v) is 6.26. The number of nitrogens with zero attached hydrogens (tertiary/aromatic N) is 6. The molecule has 0 unspecified atom stereocenters. The number of anilines is 2. The van der Waals surface area contributed by atoms with Crippen LogP contribution in [0.5, 0.6) is 0 Å². The van der Waals surface area contributed by atoms with Crippen molar-refractivity contribution in [1.82, 2.24) is 29.3 Å². The number of carbonyl (C=O) groups excluding carboxylic acids is 2. The van der Waals surface area contributed by atoms with Gasteiger partial charge in [0.15, 0.2) is 17.3 Å². The lowest BCUT2D eigenvalue weighted by atomic mass is 10.3. The van der Waals surface area contributed by atoms with Crippen molar-refractivity contribution in [3.05, 3.63) is 39.9 Å². The van der Waals surface area contributed by atoms with E-state index in [9.17, 15) is 9.59 Å². The highest BCUT2D eigenvalue weighted by molar-refractivity contribution is 6.34. The third kappa shape index (κ3) is 3.55. The molecule has 2 N–H and O–H groups in total. The Labute approximate surface area is 157 Å². The molecule has 0 radical (unpaired) electrons. The molecule has 26 heavy (non-hydrogen) atoms. The van der Waals surface area contributed by atoms with E-state index >= 15 is 0 Å². The zero-order chi connectivity index (χ0) is 19.0. The highest BCUT2D eigenvalue weighted by Crippen LogP contribution is 2.21. The van der Waals surface area contributed by atoms with E-state index in [1.807, 2.05) is 0 Å². The van der Waals surface area contributed by atoms with Gasteiger partial charge in [-0.1, -0.05) is 23.2 Å². The van der Waals surface area contributed by atoms with Crippen LogP contribution in [0.25, 0.3) is 0 Å². The molecule has 10 nitrogen and oxygen atoms in total. The fraction of sp³-hybridized carbons (Fsp3) is 0.214. The Kier molecular flexibility index (Phi) is 4.70. The predicted molar refractivity (Wildman–Crippen MR) is 95.6 cm³/mol. The van der Waals surface area contributed by atoms with Crippen LogP contribution in [0.2, 0.25) is 10.0 Å². The van der Waals surface area contributed by atoms with E-state index < -0.39 is 11.8 Å². The Morgan fingerprint density at radius 3 is 1.85 bits per heavy atom. The predicted octanol–water partition coefficient (Wildman–Crippen LogP) is 1.70. The average molecular weight is 397 g/mol. The third-order valence-electron chi connectivity index (χ3n) is 3.38. The van der Waals surface area contributed by atoms with Crippen molar-refractivity contribution in [2.45, 2.75) is 0 Å². The summed E-state index contributed by atoms with van der Waals surface area (Å²) in [6.45, 7) is 0. The maximum absolute atomic E-state index is 12.4. The van der Waals surface area contributed by atoms with Crippen LogP contribution in [0.15, 0.2) is 18.5 Å². The van der Waals surface area contributed by atoms with Crippen LogP contribution in [0.1, 0.15) is 21.0 Å². The Morgan fingerprint density at radius 1 is 0.885 bits per heavy atom. The van der Waals surface area contributed by atoms with Gasteiger partial charge in [-0.3, -0.25) is 23.6 Å². The number of aryl methyl sites for hydroxylation is 3. The topological polar surface area (TPSA) is 112 Å². The quantitative estimate of drug-likeness (QED) is 0.696. The molecule has 0 aliphatic heterocycles. The molecule has 0 aliphatic carbocycles. The summed E-state index contributed by atoms with van der Waals surface area (Å²) in [6, 6.07) is 1.35. The monoisotopic (exact) mass is 396 g/mol. The van der Waals surface area contributed by atoms with Crippen LogP contribution in [0, 0.1) is 0 Å². The fourth-order valence-electron chi connectivity index (χ4n) is 2.22. The lowest BCUT2D eigenvalue weighted by Gasteiger charge is -2.02. The van der Waals surface area contributed by atoms with Gasteiger partial charge in [-0.2, -0.15) is 15.3 Å². The normalized spacial score (nSPS) is 10.8. The first-order valence-corrected chi connectivity index (χ1v) is 8.05. The maximum atomic E-state index is 12.4. The minimum Gasteiger partial charge on any atom is -0.302 e. The largest absolute Gasteiger partial charge is 0.302 e. The summed E-state index contributed by atoms with van der Waals surface area (Å²) in [5.41, 5.74) is 0.190. The molecule has 0 bridgehead atoms. The van der Waals surface area contributed by atoms with Crippen molar-refractivity contribution in [1.29, 1.82) is 0 Å². The Balaban J connectivity index is 1.77. The molecule has 0 spiro atoms. The van der Waals surface area contributed by atoms with Crippen LogP contribution in [0.3, 0.4) is 0 Å². The number of aromatic nitrogens is 6. The molecule has 3 rings (SSSR count). The molecular formula is C14H14Cl2N8O2. The highest BCUT2D eigenvalue weighted by atomic mass is 35.5. The molecule has 136 valence electrons. The maximum Gasteiger partial charge on any atom is 0.277 e. The van der Waals surface area contributed by atoms with Crippen LogP contribution in [-0.2, 0) is 21.1 Å². The standard InChI is InChI=1S/C14H14Cl2N8O2/c1-22-5-7(15)11(20-22)17-13(25)9-4-10(24(3)19-9)14(26)18-12-8(16)6-23(2)21-12/h4-6H,1-3H3,(H,17,20,25)(H,18,21,26). The summed E-state index contributed by atoms with van der Waals surface area (Å²) in [7, 11) is 4.89. The van der Waals surface area contributed by atoms with Crippen molar-refractivity contribution in [3.63, 3.8) is 0 Å². The zero-order valence-corrected chi connectivity index (χ0v) is 15.5. The molecule has 0 fully saturated rings. The number of rotatable bonds is 4. The Morgan fingerprint density at radius 2 is 1.38 bits per heavy atom. The van der Waals surface area contributed by atoms with Gasteiger partial charge in [0.25, 0.3) is 11.8 Å². The summed E-state index contributed by atoms with van der Waals surface area (Å²) in [4.78, 5) is 24.7. The van der Waals surface area contributed by atoms with E-state index in [0.717, 1.165) is 0 Å². The molecule has 3 aromatic heterocycles. The van der Waals surface area contributed by atoms with Gasteiger partial charge in [-0.25, -0.2) is 0 Å². The SMILES string of the molecule is Cn1cc(Cl)c(NC(=O)c2cc(C(=O)Nc3nn(C)cc3Cl)n(C)n2)n1. The van der Waals surface area contributed by atoms with E-state index in [-0.39, 0.29) is 23.0 Å². The van der Waals surface area contributed by atoms with Crippen LogP contribution < -0.4 is 10.6 Å². The first-order chi connectivity index (χ1) is 12.2. The molecule has 0 atom stereocenters. The van der Waals surface area contributed by atoms with Crippen molar-refractivity contribution in [2.75, 3.05) is 10.6 Å². The Hall–Kier alpha value is -2.85. The number of nitrogens with one attached hydrogen (secondary N) is 2. The molecular weight excluding hydrogens is 383 g/mol. The summed E-state index contributed by atoms with van der Waals surface area (Å²) in [5, 5.41) is 17.8. The van der Waals surface area contributed by atoms with Gasteiger partial charge in [0, 0.05) is 39.6 Å². The smallest absolute Gasteiger partial charge is 0.277 e. The van der Waals surface area contributed by atoms with Crippen LogP contribution in [0.4, 0.5) is 11.6 Å². The number of carbonyl (C=O) groups is 2. The minimum absolute atomic E-state index is 0.0338. The van der Waals surface area contributed by atoms with Gasteiger partial charge < -0.3 is 10.6 Å². The van der Waals surface area contributed by atoms with Crippen LogP contribution >= 0.6 is 23.2 Å². The van der Waals surface area contributed by atoms with E-state index in [1.165, 1.54) is 20.1 Å². The molecule has 3 heterocycles. The van der Waals surface area contributed by atoms with Crippen molar-refractivity contribution in [3.8, 4) is 0 Å². The van der Waals surface area contributed by atoms with Gasteiger partial charge in [0.1, 0.15) is 15.7 Å². The van der Waals surface area contributed by atoms with E-state index in [1.54, 1.807) is 33.5 Å². The number of halogens is 2. The molecule has 3 aromatic rings. The van der Waals surface area contributed by atoms with Crippen molar-refractivity contribution in [2.24, 2.45) is 21.1 Å². The van der Waals surface area contributed by atoms with Gasteiger partial charge in [0.2, 0.25) is 0 Å². The molecule has 0 aromatic carbocycles.